The van der Waals surface area contributed by atoms with Crippen LogP contribution in [0.15, 0.2) is 66.2 Å². The average Bonchev–Trinajstić information content (AvgIpc) is 3.54. The van der Waals surface area contributed by atoms with E-state index < -0.39 is 6.04 Å². The van der Waals surface area contributed by atoms with E-state index in [0.717, 1.165) is 21.0 Å². The van der Waals surface area contributed by atoms with Gasteiger partial charge in [-0.15, -0.1) is 11.3 Å². The maximum atomic E-state index is 13.5. The van der Waals surface area contributed by atoms with E-state index in [2.05, 4.69) is 20.2 Å². The van der Waals surface area contributed by atoms with Crippen LogP contribution in [0.25, 0.3) is 10.3 Å². The summed E-state index contributed by atoms with van der Waals surface area (Å²) in [5.41, 5.74) is 1.91. The second-order valence-corrected chi connectivity index (χ2v) is 9.73. The number of hydrogen-bond donors (Lipinski definition) is 1. The van der Waals surface area contributed by atoms with Crippen molar-refractivity contribution < 1.29 is 9.59 Å². The van der Waals surface area contributed by atoms with Crippen LogP contribution in [0.3, 0.4) is 0 Å². The number of amides is 2. The smallest absolute Gasteiger partial charge is 0.262 e. The van der Waals surface area contributed by atoms with Crippen LogP contribution in [-0.2, 0) is 11.2 Å². The summed E-state index contributed by atoms with van der Waals surface area (Å²) in [6.07, 6.45) is 2.23. The Hall–Kier alpha value is -3.30. The van der Waals surface area contributed by atoms with Crippen LogP contribution in [0.2, 0.25) is 0 Å². The number of thiazole rings is 1. The second kappa shape index (κ2) is 9.68. The minimum Gasteiger partial charge on any atom is -0.344 e. The Kier molecular flexibility index (Phi) is 6.32. The number of nitrogens with zero attached hydrogens (tertiary/aromatic N) is 4. The van der Waals surface area contributed by atoms with Crippen LogP contribution in [-0.4, -0.2) is 58.9 Å². The summed E-state index contributed by atoms with van der Waals surface area (Å²) in [4.78, 5) is 40.8. The van der Waals surface area contributed by atoms with Crippen molar-refractivity contribution in [2.24, 2.45) is 0 Å². The predicted molar refractivity (Wildman–Crippen MR) is 132 cm³/mol. The van der Waals surface area contributed by atoms with Gasteiger partial charge in [-0.1, -0.05) is 47.7 Å². The molecule has 33 heavy (non-hydrogen) atoms. The number of fused-ring (bicyclic) bond motifs is 1. The molecule has 1 aliphatic heterocycles. The molecule has 9 heteroatoms. The lowest BCUT2D eigenvalue weighted by Gasteiger charge is -2.36. The van der Waals surface area contributed by atoms with Crippen LogP contribution in [0.1, 0.15) is 15.2 Å². The number of hydrogen-bond acceptors (Lipinski definition) is 7. The van der Waals surface area contributed by atoms with Gasteiger partial charge in [0.2, 0.25) is 5.91 Å². The summed E-state index contributed by atoms with van der Waals surface area (Å²) >= 11 is 2.94. The second-order valence-electron chi connectivity index (χ2n) is 7.83. The number of thiophene rings is 1. The third kappa shape index (κ3) is 4.89. The fraction of sp³-hybridized carbons (Fsp3) is 0.250. The van der Waals surface area contributed by atoms with Gasteiger partial charge in [0.1, 0.15) is 16.4 Å². The molecule has 0 spiro atoms. The minimum atomic E-state index is -0.611. The van der Waals surface area contributed by atoms with Crippen molar-refractivity contribution in [2.45, 2.75) is 12.5 Å². The first kappa shape index (κ1) is 21.5. The number of carbonyl (C=O) groups excluding carboxylic acids is 2. The van der Waals surface area contributed by atoms with Gasteiger partial charge in [-0.05, 0) is 29.1 Å². The lowest BCUT2D eigenvalue weighted by molar-refractivity contribution is -0.133. The number of benzene rings is 1. The zero-order chi connectivity index (χ0) is 22.6. The molecule has 2 amide bonds. The molecule has 4 heterocycles. The molecule has 3 aromatic heterocycles. The maximum absolute atomic E-state index is 13.5. The maximum Gasteiger partial charge on any atom is 0.262 e. The largest absolute Gasteiger partial charge is 0.344 e. The first-order chi connectivity index (χ1) is 16.2. The Labute approximate surface area is 199 Å². The zero-order valence-electron chi connectivity index (χ0n) is 17.9. The first-order valence-corrected chi connectivity index (χ1v) is 12.5. The summed E-state index contributed by atoms with van der Waals surface area (Å²) in [5.74, 6) is -0.255. The molecular weight excluding hydrogens is 454 g/mol. The lowest BCUT2D eigenvalue weighted by atomic mass is 10.0. The van der Waals surface area contributed by atoms with E-state index in [1.54, 1.807) is 23.6 Å². The highest BCUT2D eigenvalue weighted by Gasteiger charge is 2.30. The molecule has 5 rings (SSSR count). The monoisotopic (exact) mass is 477 g/mol. The highest BCUT2D eigenvalue weighted by Crippen LogP contribution is 2.27. The molecule has 1 aromatic carbocycles. The Morgan fingerprint density at radius 3 is 2.55 bits per heavy atom. The third-order valence-electron chi connectivity index (χ3n) is 5.65. The number of aromatic nitrogens is 2. The first-order valence-electron chi connectivity index (χ1n) is 10.8. The van der Waals surface area contributed by atoms with Gasteiger partial charge in [-0.2, -0.15) is 0 Å². The molecule has 0 bridgehead atoms. The number of carbonyl (C=O) groups is 2. The normalized spacial score (nSPS) is 14.9. The van der Waals surface area contributed by atoms with Gasteiger partial charge >= 0.3 is 0 Å². The standard InChI is InChI=1S/C24H23N5O2S2/c30-21(20-9-5-15-32-20)26-19(16-17-6-2-1-3-7-17)23(31)28-11-13-29(14-12-28)24-27-18-8-4-10-25-22(18)33-24/h1-10,15,19H,11-14,16H2,(H,26,30). The van der Waals surface area contributed by atoms with Crippen LogP contribution in [0.5, 0.6) is 0 Å². The molecule has 1 atom stereocenters. The summed E-state index contributed by atoms with van der Waals surface area (Å²) in [7, 11) is 0. The van der Waals surface area contributed by atoms with Gasteiger partial charge in [0.05, 0.1) is 4.88 Å². The van der Waals surface area contributed by atoms with Crippen molar-refractivity contribution in [2.75, 3.05) is 31.1 Å². The summed E-state index contributed by atoms with van der Waals surface area (Å²) < 4.78 is 0. The molecule has 168 valence electrons. The highest BCUT2D eigenvalue weighted by molar-refractivity contribution is 7.21. The van der Waals surface area contributed by atoms with Crippen LogP contribution >= 0.6 is 22.7 Å². The fourth-order valence-corrected chi connectivity index (χ4v) is 5.51. The molecule has 1 fully saturated rings. The number of piperazine rings is 1. The van der Waals surface area contributed by atoms with Gasteiger partial charge in [-0.3, -0.25) is 9.59 Å². The number of pyridine rings is 1. The van der Waals surface area contributed by atoms with Gasteiger partial charge in [0.15, 0.2) is 5.13 Å². The molecule has 1 unspecified atom stereocenters. The molecule has 0 saturated carbocycles. The highest BCUT2D eigenvalue weighted by atomic mass is 32.1. The quantitative estimate of drug-likeness (QED) is 0.460. The molecule has 1 aliphatic rings. The van der Waals surface area contributed by atoms with E-state index in [9.17, 15) is 9.59 Å². The lowest BCUT2D eigenvalue weighted by Crippen LogP contribution is -2.55. The van der Waals surface area contributed by atoms with E-state index in [0.29, 0.717) is 37.5 Å². The van der Waals surface area contributed by atoms with E-state index >= 15 is 0 Å². The zero-order valence-corrected chi connectivity index (χ0v) is 19.5. The Balaban J connectivity index is 1.27. The molecule has 1 saturated heterocycles. The Morgan fingerprint density at radius 2 is 1.82 bits per heavy atom. The Bertz CT molecular complexity index is 1200. The molecule has 7 nitrogen and oxygen atoms in total. The van der Waals surface area contributed by atoms with Crippen LogP contribution in [0, 0.1) is 0 Å². The van der Waals surface area contributed by atoms with Crippen molar-refractivity contribution >= 4 is 50.0 Å². The topological polar surface area (TPSA) is 78.4 Å². The van der Waals surface area contributed by atoms with Crippen LogP contribution in [0.4, 0.5) is 5.13 Å². The van der Waals surface area contributed by atoms with Crippen molar-refractivity contribution in [3.8, 4) is 0 Å². The molecule has 4 aromatic rings. The predicted octanol–water partition coefficient (Wildman–Crippen LogP) is 3.44. The SMILES string of the molecule is O=C(NC(Cc1ccccc1)C(=O)N1CCN(c2nc3cccnc3s2)CC1)c1cccs1. The summed E-state index contributed by atoms with van der Waals surface area (Å²) in [6.45, 7) is 2.57. The van der Waals surface area contributed by atoms with Crippen molar-refractivity contribution in [3.05, 3.63) is 76.6 Å². The summed E-state index contributed by atoms with van der Waals surface area (Å²) in [6, 6.07) is 16.7. The molecule has 0 radical (unpaired) electrons. The van der Waals surface area contributed by atoms with Crippen molar-refractivity contribution in [1.82, 2.24) is 20.2 Å². The molecule has 0 aliphatic carbocycles. The third-order valence-corrected chi connectivity index (χ3v) is 7.56. The average molecular weight is 478 g/mol. The minimum absolute atomic E-state index is 0.0469. The molecule has 1 N–H and O–H groups in total. The number of anilines is 1. The van der Waals surface area contributed by atoms with E-state index in [-0.39, 0.29) is 11.8 Å². The van der Waals surface area contributed by atoms with Crippen molar-refractivity contribution in [3.63, 3.8) is 0 Å². The van der Waals surface area contributed by atoms with Gasteiger partial charge in [0.25, 0.3) is 5.91 Å². The fourth-order valence-electron chi connectivity index (χ4n) is 3.92. The van der Waals surface area contributed by atoms with Gasteiger partial charge in [-0.25, -0.2) is 9.97 Å². The number of rotatable bonds is 6. The van der Waals surface area contributed by atoms with Gasteiger partial charge in [0, 0.05) is 38.8 Å². The van der Waals surface area contributed by atoms with Crippen molar-refractivity contribution in [1.29, 1.82) is 0 Å². The number of nitrogens with one attached hydrogen (secondary N) is 1. The summed E-state index contributed by atoms with van der Waals surface area (Å²) in [5, 5.41) is 5.77. The van der Waals surface area contributed by atoms with E-state index in [1.807, 2.05) is 58.8 Å². The molecular formula is C24H23N5O2S2. The van der Waals surface area contributed by atoms with Gasteiger partial charge < -0.3 is 15.1 Å². The Morgan fingerprint density at radius 1 is 1.00 bits per heavy atom. The van der Waals surface area contributed by atoms with E-state index in [1.165, 1.54) is 11.3 Å². The van der Waals surface area contributed by atoms with E-state index in [4.69, 9.17) is 0 Å². The van der Waals surface area contributed by atoms with Crippen LogP contribution < -0.4 is 10.2 Å².